The fourth-order valence-electron chi connectivity index (χ4n) is 4.14. The molecule has 3 nitrogen and oxygen atoms in total. The first-order valence-corrected chi connectivity index (χ1v) is 13.6. The second-order valence-corrected chi connectivity index (χ2v) is 12.0. The molecule has 0 radical (unpaired) electrons. The van der Waals surface area contributed by atoms with Gasteiger partial charge in [-0.1, -0.05) is 0 Å². The van der Waals surface area contributed by atoms with E-state index in [0.29, 0.717) is 0 Å². The Morgan fingerprint density at radius 3 is 2.09 bits per heavy atom. The van der Waals surface area contributed by atoms with Crippen molar-refractivity contribution in [2.24, 2.45) is 4.99 Å². The zero-order chi connectivity index (χ0) is 22.2. The van der Waals surface area contributed by atoms with E-state index in [2.05, 4.69) is 90.9 Å². The van der Waals surface area contributed by atoms with Gasteiger partial charge in [0.1, 0.15) is 0 Å². The van der Waals surface area contributed by atoms with Crippen LogP contribution in [-0.2, 0) is 0 Å². The first-order valence-electron chi connectivity index (χ1n) is 11.1. The number of amidine groups is 1. The molecule has 0 saturated heterocycles. The van der Waals surface area contributed by atoms with E-state index in [1.165, 1.54) is 16.2 Å². The molecule has 164 valence electrons. The van der Waals surface area contributed by atoms with Crippen LogP contribution in [0.5, 0.6) is 5.75 Å². The first kappa shape index (κ1) is 22.0. The van der Waals surface area contributed by atoms with Crippen molar-refractivity contribution in [3.63, 3.8) is 0 Å². The van der Waals surface area contributed by atoms with Gasteiger partial charge in [-0.3, -0.25) is 0 Å². The Labute approximate surface area is 191 Å². The molecule has 4 heteroatoms. The van der Waals surface area contributed by atoms with E-state index in [4.69, 9.17) is 9.73 Å². The number of hydrogen-bond donors (Lipinski definition) is 1. The summed E-state index contributed by atoms with van der Waals surface area (Å²) in [5, 5.41) is 6.40. The van der Waals surface area contributed by atoms with E-state index >= 15 is 0 Å². The second-order valence-electron chi connectivity index (χ2n) is 8.10. The molecule has 0 saturated carbocycles. The molecule has 0 spiro atoms. The molecule has 0 unspecified atom stereocenters. The van der Waals surface area contributed by atoms with Crippen molar-refractivity contribution < 1.29 is 4.74 Å². The van der Waals surface area contributed by atoms with Crippen LogP contribution in [0.4, 0.5) is 5.69 Å². The maximum atomic E-state index is 5.62. The molecule has 4 rings (SSSR count). The number of rotatable bonds is 7. The molecular formula is C28H31N2OP. The van der Waals surface area contributed by atoms with Gasteiger partial charge in [0.25, 0.3) is 0 Å². The number of methoxy groups -OCH3 is 1. The van der Waals surface area contributed by atoms with Crippen LogP contribution >= 0.6 is 7.26 Å². The molecule has 0 aliphatic heterocycles. The minimum absolute atomic E-state index is 0.757. The Morgan fingerprint density at radius 2 is 1.50 bits per heavy atom. The molecule has 32 heavy (non-hydrogen) atoms. The average molecular weight is 443 g/mol. The zero-order valence-electron chi connectivity index (χ0n) is 18.8. The van der Waals surface area contributed by atoms with Crippen LogP contribution in [0, 0.1) is 0 Å². The quantitative estimate of drug-likeness (QED) is 0.294. The predicted octanol–water partition coefficient (Wildman–Crippen LogP) is 5.58. The number of allylic oxidation sites excluding steroid dienone is 2. The number of hydrogen-bond acceptors (Lipinski definition) is 2. The fraction of sp³-hybridized carbons (Fsp3) is 0.179. The first-order chi connectivity index (χ1) is 15.7. The average Bonchev–Trinajstić information content (AvgIpc) is 2.88. The van der Waals surface area contributed by atoms with Crippen molar-refractivity contribution in [1.29, 1.82) is 0 Å². The summed E-state index contributed by atoms with van der Waals surface area (Å²) in [5.41, 5.74) is 3.18. The van der Waals surface area contributed by atoms with Crippen LogP contribution in [0.25, 0.3) is 0 Å². The van der Waals surface area contributed by atoms with Crippen LogP contribution in [0.1, 0.15) is 12.8 Å². The molecule has 0 amide bonds. The summed E-state index contributed by atoms with van der Waals surface area (Å²) < 4.78 is 5.62. The van der Waals surface area contributed by atoms with Crippen molar-refractivity contribution in [3.05, 3.63) is 109 Å². The minimum atomic E-state index is -2.40. The van der Waals surface area contributed by atoms with Gasteiger partial charge in [0.05, 0.1) is 0 Å². The van der Waals surface area contributed by atoms with Crippen molar-refractivity contribution in [3.8, 4) is 5.75 Å². The molecule has 3 aromatic rings. The zero-order valence-corrected chi connectivity index (χ0v) is 19.8. The van der Waals surface area contributed by atoms with Crippen molar-refractivity contribution in [1.82, 2.24) is 5.32 Å². The summed E-state index contributed by atoms with van der Waals surface area (Å²) in [7, 11) is -0.704. The number of nitrogens with one attached hydrogen (secondary N) is 1. The molecule has 1 N–H and O–H groups in total. The Morgan fingerprint density at radius 1 is 0.875 bits per heavy atom. The van der Waals surface area contributed by atoms with Gasteiger partial charge < -0.3 is 0 Å². The summed E-state index contributed by atoms with van der Waals surface area (Å²) in [6.45, 7) is 3.14. The molecule has 1 aliphatic rings. The predicted molar refractivity (Wildman–Crippen MR) is 141 cm³/mol. The summed E-state index contributed by atoms with van der Waals surface area (Å²) >= 11 is 0. The number of aliphatic imine (C=N–C) groups is 1. The van der Waals surface area contributed by atoms with Gasteiger partial charge >= 0.3 is 192 Å². The number of benzene rings is 3. The number of nitrogens with zero attached hydrogens (tertiary/aromatic N) is 1. The SMILES string of the molecule is COc1ccccc1/N=C(/NCC1=CCCC=C1)[PH](C)(c1ccccc1)c1ccccc1. The Hall–Kier alpha value is -3.16. The van der Waals surface area contributed by atoms with Crippen molar-refractivity contribution in [2.45, 2.75) is 12.8 Å². The van der Waals surface area contributed by atoms with E-state index in [-0.39, 0.29) is 0 Å². The number of para-hydroxylation sites is 2. The fourth-order valence-corrected chi connectivity index (χ4v) is 7.52. The Kier molecular flexibility index (Phi) is 7.19. The summed E-state index contributed by atoms with van der Waals surface area (Å²) in [4.78, 5) is 5.23. The van der Waals surface area contributed by atoms with Crippen LogP contribution in [0.15, 0.2) is 114 Å². The van der Waals surface area contributed by atoms with Gasteiger partial charge in [-0.2, -0.15) is 0 Å². The van der Waals surface area contributed by atoms with Gasteiger partial charge in [-0.05, 0) is 0 Å². The topological polar surface area (TPSA) is 33.6 Å². The monoisotopic (exact) mass is 442 g/mol. The van der Waals surface area contributed by atoms with Crippen LogP contribution in [0.3, 0.4) is 0 Å². The van der Waals surface area contributed by atoms with E-state index in [1.54, 1.807) is 7.11 Å². The van der Waals surface area contributed by atoms with E-state index in [1.807, 2.05) is 24.3 Å². The molecule has 0 bridgehead atoms. The van der Waals surface area contributed by atoms with Crippen LogP contribution in [0.2, 0.25) is 0 Å². The summed E-state index contributed by atoms with van der Waals surface area (Å²) in [5.74, 6) is 0.779. The maximum absolute atomic E-state index is 5.62. The van der Waals surface area contributed by atoms with Crippen molar-refractivity contribution >= 4 is 29.1 Å². The Balaban J connectivity index is 1.86. The van der Waals surface area contributed by atoms with Gasteiger partial charge in [-0.15, -0.1) is 0 Å². The molecular weight excluding hydrogens is 411 g/mol. The van der Waals surface area contributed by atoms with E-state index < -0.39 is 7.26 Å². The van der Waals surface area contributed by atoms with Gasteiger partial charge in [-0.25, -0.2) is 0 Å². The summed E-state index contributed by atoms with van der Waals surface area (Å²) in [6.07, 6.45) is 9.00. The summed E-state index contributed by atoms with van der Waals surface area (Å²) in [6, 6.07) is 29.5. The van der Waals surface area contributed by atoms with Gasteiger partial charge in [0.2, 0.25) is 0 Å². The third-order valence-corrected chi connectivity index (χ3v) is 10.2. The van der Waals surface area contributed by atoms with Crippen molar-refractivity contribution in [2.75, 3.05) is 20.3 Å². The number of ether oxygens (including phenoxy) is 1. The second kappa shape index (κ2) is 10.4. The van der Waals surface area contributed by atoms with Gasteiger partial charge in [0, 0.05) is 0 Å². The standard InChI is InChI=1S/C28H31N2OP/c1-31-27-21-13-12-20-26(27)30-28(29-22-23-14-6-3-7-15-23)32(2,24-16-8-4-9-17-24)25-18-10-5-11-19-25/h4-6,8-21,32H,3,7,22H2,1-2H3,(H,29,30). The molecule has 1 aliphatic carbocycles. The molecule has 0 aromatic heterocycles. The van der Waals surface area contributed by atoms with E-state index in [9.17, 15) is 0 Å². The third kappa shape index (κ3) is 4.84. The molecule has 0 fully saturated rings. The molecule has 3 aromatic carbocycles. The molecule has 0 atom stereocenters. The Bertz CT molecular complexity index is 1080. The third-order valence-electron chi connectivity index (χ3n) is 6.03. The van der Waals surface area contributed by atoms with E-state index in [0.717, 1.165) is 36.4 Å². The van der Waals surface area contributed by atoms with Crippen LogP contribution in [-0.4, -0.2) is 25.9 Å². The normalized spacial score (nSPS) is 14.6. The molecule has 0 heterocycles. The van der Waals surface area contributed by atoms with Crippen LogP contribution < -0.4 is 20.7 Å². The van der Waals surface area contributed by atoms with Gasteiger partial charge in [0.15, 0.2) is 0 Å².